The first-order chi connectivity index (χ1) is 12.9. The van der Waals surface area contributed by atoms with Crippen LogP contribution in [-0.4, -0.2) is 47.4 Å². The molecular formula is C21H34Cl2N4O2. The van der Waals surface area contributed by atoms with Crippen LogP contribution < -0.4 is 16.4 Å². The van der Waals surface area contributed by atoms with Crippen molar-refractivity contribution in [3.8, 4) is 0 Å². The van der Waals surface area contributed by atoms with Crippen LogP contribution in [0.3, 0.4) is 0 Å². The fourth-order valence-corrected chi connectivity index (χ4v) is 4.31. The van der Waals surface area contributed by atoms with E-state index in [4.69, 9.17) is 5.73 Å². The Balaban J connectivity index is 0.00000210. The van der Waals surface area contributed by atoms with Gasteiger partial charge in [0.25, 0.3) is 0 Å². The summed E-state index contributed by atoms with van der Waals surface area (Å²) in [5, 5.41) is 5.75. The number of fused-ring (bicyclic) bond motifs is 2. The highest BCUT2D eigenvalue weighted by atomic mass is 35.5. The summed E-state index contributed by atoms with van der Waals surface area (Å²) in [6.45, 7) is 4.77. The van der Waals surface area contributed by atoms with E-state index in [1.54, 1.807) is 0 Å². The molecule has 3 rings (SSSR count). The zero-order valence-corrected chi connectivity index (χ0v) is 18.8. The average Bonchev–Trinajstić information content (AvgIpc) is 2.88. The summed E-state index contributed by atoms with van der Waals surface area (Å²) < 4.78 is 0. The summed E-state index contributed by atoms with van der Waals surface area (Å²) in [6.07, 6.45) is 4.36. The zero-order chi connectivity index (χ0) is 19.4. The molecule has 0 aliphatic carbocycles. The molecule has 0 saturated carbocycles. The number of hydrogen-bond acceptors (Lipinski definition) is 4. The van der Waals surface area contributed by atoms with E-state index < -0.39 is 6.04 Å². The van der Waals surface area contributed by atoms with Gasteiger partial charge in [-0.1, -0.05) is 44.2 Å². The molecule has 2 aliphatic heterocycles. The molecule has 2 amide bonds. The van der Waals surface area contributed by atoms with Gasteiger partial charge in [-0.05, 0) is 37.2 Å². The van der Waals surface area contributed by atoms with Crippen LogP contribution in [0.25, 0.3) is 0 Å². The van der Waals surface area contributed by atoms with Crippen LogP contribution in [0.1, 0.15) is 45.1 Å². The second kappa shape index (κ2) is 11.7. The third-order valence-electron chi connectivity index (χ3n) is 5.90. The van der Waals surface area contributed by atoms with E-state index in [-0.39, 0.29) is 55.1 Å². The summed E-state index contributed by atoms with van der Waals surface area (Å²) in [7, 11) is 0. The van der Waals surface area contributed by atoms with Gasteiger partial charge in [-0.3, -0.25) is 14.5 Å². The van der Waals surface area contributed by atoms with Crippen molar-refractivity contribution in [1.29, 1.82) is 0 Å². The van der Waals surface area contributed by atoms with Gasteiger partial charge in [0.15, 0.2) is 0 Å². The van der Waals surface area contributed by atoms with E-state index in [1.807, 2.05) is 19.9 Å². The maximum absolute atomic E-state index is 12.2. The predicted molar refractivity (Wildman–Crippen MR) is 120 cm³/mol. The molecule has 2 saturated heterocycles. The Morgan fingerprint density at radius 1 is 1.10 bits per heavy atom. The first-order valence-corrected chi connectivity index (χ1v) is 10.1. The van der Waals surface area contributed by atoms with E-state index in [0.29, 0.717) is 12.1 Å². The summed E-state index contributed by atoms with van der Waals surface area (Å²) >= 11 is 0. The van der Waals surface area contributed by atoms with Gasteiger partial charge in [0.05, 0.1) is 12.6 Å². The van der Waals surface area contributed by atoms with E-state index in [1.165, 1.54) is 18.4 Å². The average molecular weight is 445 g/mol. The number of nitrogens with zero attached hydrogens (tertiary/aromatic N) is 1. The highest BCUT2D eigenvalue weighted by Gasteiger charge is 2.40. The van der Waals surface area contributed by atoms with Gasteiger partial charge in [0.2, 0.25) is 11.8 Å². The topological polar surface area (TPSA) is 87.5 Å². The van der Waals surface area contributed by atoms with E-state index in [9.17, 15) is 9.59 Å². The summed E-state index contributed by atoms with van der Waals surface area (Å²) in [5.74, 6) is -0.337. The van der Waals surface area contributed by atoms with Crippen LogP contribution >= 0.6 is 24.8 Å². The summed E-state index contributed by atoms with van der Waals surface area (Å²) in [5.41, 5.74) is 7.15. The number of carbonyl (C=O) groups is 2. The van der Waals surface area contributed by atoms with E-state index in [2.05, 4.69) is 39.8 Å². The van der Waals surface area contributed by atoms with E-state index >= 15 is 0 Å². The molecule has 3 atom stereocenters. The molecule has 2 heterocycles. The molecule has 0 aromatic heterocycles. The Bertz CT molecular complexity index is 645. The number of nitrogens with one attached hydrogen (secondary N) is 2. The van der Waals surface area contributed by atoms with Crippen molar-refractivity contribution >= 4 is 36.6 Å². The number of nitrogens with two attached hydrogens (primary N) is 1. The molecule has 6 nitrogen and oxygen atoms in total. The van der Waals surface area contributed by atoms with Crippen LogP contribution in [0.5, 0.6) is 0 Å². The lowest BCUT2D eigenvalue weighted by atomic mass is 9.96. The number of hydrogen-bond donors (Lipinski definition) is 3. The molecule has 8 heteroatoms. The standard InChI is InChI=1S/C21H32N4O2.2ClH/c1-14(2)20(22)21(27)23-12-19(26)24-16-10-17-8-9-18(11-16)25(17)13-15-6-4-3-5-7-15;;/h3-7,14,16-18,20H,8-13,22H2,1-2H3,(H,23,27)(H,24,26);2*1H/t16?,17?,18?,20-;;/m0../s1. The third-order valence-corrected chi connectivity index (χ3v) is 5.90. The van der Waals surface area contributed by atoms with Gasteiger partial charge in [0, 0.05) is 24.7 Å². The van der Waals surface area contributed by atoms with Gasteiger partial charge in [-0.2, -0.15) is 0 Å². The van der Waals surface area contributed by atoms with Gasteiger partial charge in [0.1, 0.15) is 0 Å². The first-order valence-electron chi connectivity index (χ1n) is 10.1. The number of piperidine rings is 1. The summed E-state index contributed by atoms with van der Waals surface area (Å²) in [6, 6.07) is 11.2. The molecule has 1 aromatic rings. The highest BCUT2D eigenvalue weighted by molar-refractivity contribution is 5.87. The number of rotatable bonds is 7. The van der Waals surface area contributed by atoms with Crippen molar-refractivity contribution in [1.82, 2.24) is 15.5 Å². The first kappa shape index (κ1) is 25.7. The lowest BCUT2D eigenvalue weighted by Gasteiger charge is -2.39. The van der Waals surface area contributed by atoms with Crippen molar-refractivity contribution in [3.05, 3.63) is 35.9 Å². The van der Waals surface area contributed by atoms with Crippen molar-refractivity contribution in [2.45, 2.75) is 70.2 Å². The molecule has 2 fully saturated rings. The van der Waals surface area contributed by atoms with Crippen LogP contribution in [0.15, 0.2) is 30.3 Å². The minimum absolute atomic E-state index is 0. The lowest BCUT2D eigenvalue weighted by molar-refractivity contribution is -0.127. The molecule has 0 radical (unpaired) electrons. The highest BCUT2D eigenvalue weighted by Crippen LogP contribution is 2.36. The molecule has 2 bridgehead atoms. The maximum atomic E-state index is 12.2. The van der Waals surface area contributed by atoms with Crippen molar-refractivity contribution < 1.29 is 9.59 Å². The molecule has 1 aromatic carbocycles. The minimum atomic E-state index is -0.574. The van der Waals surface area contributed by atoms with Gasteiger partial charge in [-0.25, -0.2) is 0 Å². The number of amides is 2. The van der Waals surface area contributed by atoms with Crippen LogP contribution in [0.2, 0.25) is 0 Å². The van der Waals surface area contributed by atoms with Crippen LogP contribution in [0.4, 0.5) is 0 Å². The lowest BCUT2D eigenvalue weighted by Crippen LogP contribution is -2.52. The second-order valence-electron chi connectivity index (χ2n) is 8.27. The Kier molecular flexibility index (Phi) is 10.4. The van der Waals surface area contributed by atoms with Crippen molar-refractivity contribution in [2.75, 3.05) is 6.54 Å². The largest absolute Gasteiger partial charge is 0.352 e. The van der Waals surface area contributed by atoms with Gasteiger partial charge < -0.3 is 16.4 Å². The van der Waals surface area contributed by atoms with E-state index in [0.717, 1.165) is 19.4 Å². The SMILES string of the molecule is CC(C)[C@H](N)C(=O)NCC(=O)NC1CC2CCC(C1)N2Cc1ccccc1.Cl.Cl. The fourth-order valence-electron chi connectivity index (χ4n) is 4.31. The molecule has 4 N–H and O–H groups in total. The van der Waals surface area contributed by atoms with Gasteiger partial charge in [-0.15, -0.1) is 24.8 Å². The molecular weight excluding hydrogens is 411 g/mol. The zero-order valence-electron chi connectivity index (χ0n) is 17.2. The summed E-state index contributed by atoms with van der Waals surface area (Å²) in [4.78, 5) is 26.7. The molecule has 0 spiro atoms. The van der Waals surface area contributed by atoms with Gasteiger partial charge >= 0.3 is 0 Å². The minimum Gasteiger partial charge on any atom is -0.352 e. The Labute approximate surface area is 186 Å². The number of carbonyl (C=O) groups excluding carboxylic acids is 2. The van der Waals surface area contributed by atoms with Crippen LogP contribution in [0, 0.1) is 5.92 Å². The number of halogens is 2. The normalized spacial score (nSPS) is 24.2. The number of benzene rings is 1. The smallest absolute Gasteiger partial charge is 0.239 e. The Morgan fingerprint density at radius 2 is 1.69 bits per heavy atom. The Hall–Kier alpha value is -1.34. The third kappa shape index (κ3) is 6.85. The maximum Gasteiger partial charge on any atom is 0.239 e. The van der Waals surface area contributed by atoms with Crippen molar-refractivity contribution in [3.63, 3.8) is 0 Å². The molecule has 2 aliphatic rings. The molecule has 164 valence electrons. The quantitative estimate of drug-likeness (QED) is 0.601. The predicted octanol–water partition coefficient (Wildman–Crippen LogP) is 2.24. The van der Waals surface area contributed by atoms with Crippen LogP contribution in [-0.2, 0) is 16.1 Å². The molecule has 29 heavy (non-hydrogen) atoms. The monoisotopic (exact) mass is 444 g/mol. The van der Waals surface area contributed by atoms with Crippen molar-refractivity contribution in [2.24, 2.45) is 11.7 Å². The molecule has 2 unspecified atom stereocenters. The fraction of sp³-hybridized carbons (Fsp3) is 0.619. The Morgan fingerprint density at radius 3 is 2.24 bits per heavy atom. The second-order valence-corrected chi connectivity index (χ2v) is 8.27.